The molecular formula is C16H18BrClN4O. The molecule has 2 aromatic heterocycles. The highest BCUT2D eigenvalue weighted by atomic mass is 79.9. The molecule has 0 aliphatic rings. The average molecular weight is 398 g/mol. The number of hydrogen-bond acceptors (Lipinski definition) is 5. The Hall–Kier alpha value is -1.50. The van der Waals surface area contributed by atoms with Crippen LogP contribution in [0.3, 0.4) is 0 Å². The van der Waals surface area contributed by atoms with Crippen LogP contribution in [-0.4, -0.2) is 28.2 Å². The third kappa shape index (κ3) is 3.88. The Labute approximate surface area is 149 Å². The zero-order chi connectivity index (χ0) is 15.7. The summed E-state index contributed by atoms with van der Waals surface area (Å²) in [5.74, 6) is 1.24. The molecule has 7 heteroatoms. The topological polar surface area (TPSA) is 63.8 Å². The van der Waals surface area contributed by atoms with E-state index in [2.05, 4.69) is 43.3 Å². The van der Waals surface area contributed by atoms with E-state index in [1.165, 1.54) is 0 Å². The second kappa shape index (κ2) is 7.38. The van der Waals surface area contributed by atoms with Gasteiger partial charge in [0.25, 0.3) is 5.89 Å². The number of aromatic nitrogens is 3. The Morgan fingerprint density at radius 3 is 2.78 bits per heavy atom. The maximum absolute atomic E-state index is 5.46. The molecule has 23 heavy (non-hydrogen) atoms. The summed E-state index contributed by atoms with van der Waals surface area (Å²) in [6.07, 6.45) is 0.730. The molecule has 3 aromatic rings. The molecule has 0 radical (unpaired) electrons. The van der Waals surface area contributed by atoms with Crippen LogP contribution in [0.1, 0.15) is 18.4 Å². The van der Waals surface area contributed by atoms with E-state index in [9.17, 15) is 0 Å². The molecule has 0 saturated heterocycles. The highest BCUT2D eigenvalue weighted by Gasteiger charge is 2.15. The Bertz CT molecular complexity index is 816. The molecule has 2 heterocycles. The summed E-state index contributed by atoms with van der Waals surface area (Å²) < 4.78 is 6.46. The van der Waals surface area contributed by atoms with Crippen molar-refractivity contribution in [2.24, 2.45) is 0 Å². The molecule has 5 nitrogen and oxygen atoms in total. The quantitative estimate of drug-likeness (QED) is 0.722. The van der Waals surface area contributed by atoms with E-state index in [-0.39, 0.29) is 12.4 Å². The molecule has 0 bridgehead atoms. The van der Waals surface area contributed by atoms with Gasteiger partial charge in [-0.05, 0) is 39.1 Å². The number of hydrogen-bond donors (Lipinski definition) is 1. The van der Waals surface area contributed by atoms with Crippen molar-refractivity contribution in [1.29, 1.82) is 0 Å². The minimum atomic E-state index is 0. The van der Waals surface area contributed by atoms with Gasteiger partial charge in [-0.15, -0.1) is 12.4 Å². The number of pyridine rings is 1. The molecule has 1 atom stereocenters. The fraction of sp³-hybridized carbons (Fsp3) is 0.312. The Morgan fingerprint density at radius 2 is 2.04 bits per heavy atom. The van der Waals surface area contributed by atoms with E-state index in [1.807, 2.05) is 38.2 Å². The molecular weight excluding hydrogens is 380 g/mol. The fourth-order valence-electron chi connectivity index (χ4n) is 2.33. The normalized spacial score (nSPS) is 12.2. The summed E-state index contributed by atoms with van der Waals surface area (Å²) in [4.78, 5) is 9.09. The van der Waals surface area contributed by atoms with Crippen LogP contribution in [0.5, 0.6) is 0 Å². The average Bonchev–Trinajstić information content (AvgIpc) is 2.94. The standard InChI is InChI=1S/C16H17BrN4O.ClH/c1-9(18-3)7-15-20-16(22-21-15)13-6-10(2)19-14-8-11(17)4-5-12(13)14;/h4-6,8-9,18H,7H2,1-3H3;1H. The number of halogens is 2. The Kier molecular flexibility index (Phi) is 5.73. The third-order valence-electron chi connectivity index (χ3n) is 3.58. The van der Waals surface area contributed by atoms with Gasteiger partial charge < -0.3 is 9.84 Å². The van der Waals surface area contributed by atoms with Crippen LogP contribution < -0.4 is 5.32 Å². The lowest BCUT2D eigenvalue weighted by atomic mass is 10.1. The van der Waals surface area contributed by atoms with E-state index in [0.29, 0.717) is 17.8 Å². The number of likely N-dealkylation sites (N-methyl/N-ethyl adjacent to an activating group) is 1. The van der Waals surface area contributed by atoms with Crippen LogP contribution in [0.25, 0.3) is 22.4 Å². The van der Waals surface area contributed by atoms with E-state index in [1.54, 1.807) is 0 Å². The molecule has 1 N–H and O–H groups in total. The first-order chi connectivity index (χ1) is 10.6. The zero-order valence-electron chi connectivity index (χ0n) is 13.1. The molecule has 0 aliphatic heterocycles. The number of benzene rings is 1. The van der Waals surface area contributed by atoms with E-state index < -0.39 is 0 Å². The minimum absolute atomic E-state index is 0. The SMILES string of the molecule is CNC(C)Cc1noc(-c2cc(C)nc3cc(Br)ccc23)n1.Cl. The maximum Gasteiger partial charge on any atom is 0.258 e. The van der Waals surface area contributed by atoms with Gasteiger partial charge in [0.05, 0.1) is 11.1 Å². The van der Waals surface area contributed by atoms with Gasteiger partial charge in [0.15, 0.2) is 5.82 Å². The summed E-state index contributed by atoms with van der Waals surface area (Å²) >= 11 is 3.48. The number of nitrogens with one attached hydrogen (secondary N) is 1. The summed E-state index contributed by atoms with van der Waals surface area (Å²) in [5, 5.41) is 8.25. The lowest BCUT2D eigenvalue weighted by molar-refractivity contribution is 0.418. The van der Waals surface area contributed by atoms with Crippen LogP contribution in [0.4, 0.5) is 0 Å². The van der Waals surface area contributed by atoms with Gasteiger partial charge in [-0.1, -0.05) is 27.2 Å². The van der Waals surface area contributed by atoms with Crippen molar-refractivity contribution in [3.8, 4) is 11.5 Å². The van der Waals surface area contributed by atoms with Gasteiger partial charge in [-0.25, -0.2) is 0 Å². The third-order valence-corrected chi connectivity index (χ3v) is 4.07. The number of rotatable bonds is 4. The molecule has 1 aromatic carbocycles. The second-order valence-corrected chi connectivity index (χ2v) is 6.30. The molecule has 0 aliphatic carbocycles. The molecule has 1 unspecified atom stereocenters. The first-order valence-electron chi connectivity index (χ1n) is 7.14. The van der Waals surface area contributed by atoms with Crippen molar-refractivity contribution >= 4 is 39.2 Å². The van der Waals surface area contributed by atoms with Gasteiger partial charge >= 0.3 is 0 Å². The summed E-state index contributed by atoms with van der Waals surface area (Å²) in [5.41, 5.74) is 2.75. The second-order valence-electron chi connectivity index (χ2n) is 5.38. The Balaban J connectivity index is 0.00000192. The monoisotopic (exact) mass is 396 g/mol. The fourth-order valence-corrected chi connectivity index (χ4v) is 2.68. The maximum atomic E-state index is 5.46. The van der Waals surface area contributed by atoms with E-state index in [4.69, 9.17) is 4.52 Å². The van der Waals surface area contributed by atoms with Crippen molar-refractivity contribution in [2.75, 3.05) is 7.05 Å². The molecule has 3 rings (SSSR count). The summed E-state index contributed by atoms with van der Waals surface area (Å²) in [7, 11) is 1.92. The lowest BCUT2D eigenvalue weighted by Crippen LogP contribution is -2.24. The molecule has 0 amide bonds. The molecule has 0 spiro atoms. The number of aryl methyl sites for hydroxylation is 1. The smallest absolute Gasteiger partial charge is 0.258 e. The summed E-state index contributed by atoms with van der Waals surface area (Å²) in [6.45, 7) is 4.05. The van der Waals surface area contributed by atoms with E-state index >= 15 is 0 Å². The molecule has 122 valence electrons. The van der Waals surface area contributed by atoms with Crippen molar-refractivity contribution in [3.05, 3.63) is 40.3 Å². The van der Waals surface area contributed by atoms with Crippen LogP contribution >= 0.6 is 28.3 Å². The Morgan fingerprint density at radius 1 is 1.26 bits per heavy atom. The largest absolute Gasteiger partial charge is 0.334 e. The zero-order valence-corrected chi connectivity index (χ0v) is 15.5. The predicted molar refractivity (Wildman–Crippen MR) is 96.9 cm³/mol. The first-order valence-corrected chi connectivity index (χ1v) is 7.93. The minimum Gasteiger partial charge on any atom is -0.334 e. The van der Waals surface area contributed by atoms with Gasteiger partial charge in [-0.3, -0.25) is 4.98 Å². The lowest BCUT2D eigenvalue weighted by Gasteiger charge is -2.05. The van der Waals surface area contributed by atoms with Crippen LogP contribution in [-0.2, 0) is 6.42 Å². The number of fused-ring (bicyclic) bond motifs is 1. The predicted octanol–water partition coefficient (Wildman–Crippen LogP) is 3.93. The number of nitrogens with zero attached hydrogens (tertiary/aromatic N) is 3. The van der Waals surface area contributed by atoms with Crippen molar-refractivity contribution < 1.29 is 4.52 Å². The molecule has 0 fully saturated rings. The van der Waals surface area contributed by atoms with Gasteiger partial charge in [0.2, 0.25) is 0 Å². The van der Waals surface area contributed by atoms with Crippen molar-refractivity contribution in [3.63, 3.8) is 0 Å². The first kappa shape index (κ1) is 17.8. The van der Waals surface area contributed by atoms with Gasteiger partial charge in [-0.2, -0.15) is 4.98 Å². The van der Waals surface area contributed by atoms with Gasteiger partial charge in [0.1, 0.15) is 0 Å². The summed E-state index contributed by atoms with van der Waals surface area (Å²) in [6, 6.07) is 8.28. The van der Waals surface area contributed by atoms with Gasteiger partial charge in [0, 0.05) is 28.0 Å². The highest BCUT2D eigenvalue weighted by molar-refractivity contribution is 9.10. The van der Waals surface area contributed by atoms with Crippen molar-refractivity contribution in [1.82, 2.24) is 20.4 Å². The van der Waals surface area contributed by atoms with E-state index in [0.717, 1.165) is 33.1 Å². The van der Waals surface area contributed by atoms with Crippen molar-refractivity contribution in [2.45, 2.75) is 26.3 Å². The highest BCUT2D eigenvalue weighted by Crippen LogP contribution is 2.29. The molecule has 0 saturated carbocycles. The van der Waals surface area contributed by atoms with Crippen LogP contribution in [0.2, 0.25) is 0 Å². The van der Waals surface area contributed by atoms with Crippen LogP contribution in [0, 0.1) is 6.92 Å². The van der Waals surface area contributed by atoms with Crippen LogP contribution in [0.15, 0.2) is 33.3 Å².